The lowest BCUT2D eigenvalue weighted by Gasteiger charge is -2.08. The first kappa shape index (κ1) is 11.9. The summed E-state index contributed by atoms with van der Waals surface area (Å²) >= 11 is 8.68. The maximum Gasteiger partial charge on any atom is 0.199 e. The highest BCUT2D eigenvalue weighted by atomic mass is 79.9. The van der Waals surface area contributed by atoms with Gasteiger partial charge in [0.1, 0.15) is 0 Å². The van der Waals surface area contributed by atoms with Gasteiger partial charge in [-0.3, -0.25) is 0 Å². The SMILES string of the molecule is CC(CCl)S(=O)(=O)c1ccc(Br)cn1. The van der Waals surface area contributed by atoms with E-state index in [4.69, 9.17) is 11.6 Å². The van der Waals surface area contributed by atoms with Crippen LogP contribution in [0.3, 0.4) is 0 Å². The van der Waals surface area contributed by atoms with Crippen molar-refractivity contribution in [2.24, 2.45) is 0 Å². The number of pyridine rings is 1. The largest absolute Gasteiger partial charge is 0.244 e. The molecule has 3 nitrogen and oxygen atoms in total. The molecule has 0 N–H and O–H groups in total. The van der Waals surface area contributed by atoms with Crippen LogP contribution < -0.4 is 0 Å². The second-order valence-corrected chi connectivity index (χ2v) is 6.36. The van der Waals surface area contributed by atoms with Crippen molar-refractivity contribution < 1.29 is 8.42 Å². The van der Waals surface area contributed by atoms with Crippen LogP contribution in [0.4, 0.5) is 0 Å². The highest BCUT2D eigenvalue weighted by Gasteiger charge is 2.23. The summed E-state index contributed by atoms with van der Waals surface area (Å²) in [6, 6.07) is 3.10. The van der Waals surface area contributed by atoms with Crippen LogP contribution >= 0.6 is 27.5 Å². The van der Waals surface area contributed by atoms with Gasteiger partial charge >= 0.3 is 0 Å². The molecule has 6 heteroatoms. The third-order valence-corrected chi connectivity index (χ3v) is 4.90. The van der Waals surface area contributed by atoms with E-state index in [2.05, 4.69) is 20.9 Å². The minimum absolute atomic E-state index is 0.0638. The van der Waals surface area contributed by atoms with Crippen molar-refractivity contribution in [2.45, 2.75) is 17.2 Å². The number of rotatable bonds is 3. The van der Waals surface area contributed by atoms with Crippen LogP contribution in [-0.4, -0.2) is 24.5 Å². The molecule has 0 amide bonds. The van der Waals surface area contributed by atoms with Crippen molar-refractivity contribution in [2.75, 3.05) is 5.88 Å². The van der Waals surface area contributed by atoms with Gasteiger partial charge in [0, 0.05) is 16.5 Å². The van der Waals surface area contributed by atoms with Crippen LogP contribution in [0.1, 0.15) is 6.92 Å². The molecule has 0 radical (unpaired) electrons. The van der Waals surface area contributed by atoms with E-state index in [1.165, 1.54) is 12.3 Å². The van der Waals surface area contributed by atoms with Gasteiger partial charge in [-0.05, 0) is 35.0 Å². The Labute approximate surface area is 96.5 Å². The van der Waals surface area contributed by atoms with E-state index in [-0.39, 0.29) is 10.9 Å². The monoisotopic (exact) mass is 297 g/mol. The number of hydrogen-bond acceptors (Lipinski definition) is 3. The molecule has 78 valence electrons. The number of nitrogens with zero attached hydrogens (tertiary/aromatic N) is 1. The van der Waals surface area contributed by atoms with Gasteiger partial charge in [0.2, 0.25) is 0 Å². The van der Waals surface area contributed by atoms with Crippen molar-refractivity contribution in [1.29, 1.82) is 0 Å². The summed E-state index contributed by atoms with van der Waals surface area (Å²) in [4.78, 5) is 3.83. The summed E-state index contributed by atoms with van der Waals surface area (Å²) < 4.78 is 24.2. The molecule has 0 bridgehead atoms. The molecule has 0 aliphatic rings. The molecule has 0 aliphatic carbocycles. The number of alkyl halides is 1. The Morgan fingerprint density at radius 3 is 2.64 bits per heavy atom. The average molecular weight is 299 g/mol. The van der Waals surface area contributed by atoms with E-state index in [9.17, 15) is 8.42 Å². The summed E-state index contributed by atoms with van der Waals surface area (Å²) in [7, 11) is -3.37. The lowest BCUT2D eigenvalue weighted by atomic mass is 10.5. The third kappa shape index (κ3) is 2.46. The Kier molecular flexibility index (Phi) is 3.92. The van der Waals surface area contributed by atoms with E-state index >= 15 is 0 Å². The van der Waals surface area contributed by atoms with Crippen molar-refractivity contribution in [3.8, 4) is 0 Å². The molecule has 0 saturated carbocycles. The highest BCUT2D eigenvalue weighted by Crippen LogP contribution is 2.16. The van der Waals surface area contributed by atoms with Crippen molar-refractivity contribution >= 4 is 37.4 Å². The molecule has 0 spiro atoms. The Bertz CT molecular complexity index is 404. The van der Waals surface area contributed by atoms with Crippen molar-refractivity contribution in [1.82, 2.24) is 4.98 Å². The fraction of sp³-hybridized carbons (Fsp3) is 0.375. The number of halogens is 2. The molecule has 14 heavy (non-hydrogen) atoms. The summed E-state index contributed by atoms with van der Waals surface area (Å²) in [6.45, 7) is 1.56. The normalized spacial score (nSPS) is 13.9. The molecular weight excluding hydrogens is 290 g/mol. The first-order valence-electron chi connectivity index (χ1n) is 3.90. The van der Waals surface area contributed by atoms with Crippen LogP contribution in [-0.2, 0) is 9.84 Å². The summed E-state index contributed by atoms with van der Waals surface area (Å²) in [5.74, 6) is 0.0695. The fourth-order valence-electron chi connectivity index (χ4n) is 0.820. The molecule has 0 aliphatic heterocycles. The van der Waals surface area contributed by atoms with Gasteiger partial charge in [-0.1, -0.05) is 0 Å². The van der Waals surface area contributed by atoms with Crippen LogP contribution in [0, 0.1) is 0 Å². The fourth-order valence-corrected chi connectivity index (χ4v) is 2.59. The van der Waals surface area contributed by atoms with E-state index in [0.717, 1.165) is 4.47 Å². The van der Waals surface area contributed by atoms with Crippen LogP contribution in [0.5, 0.6) is 0 Å². The molecule has 0 saturated heterocycles. The van der Waals surface area contributed by atoms with Crippen molar-refractivity contribution in [3.63, 3.8) is 0 Å². The Morgan fingerprint density at radius 2 is 2.21 bits per heavy atom. The molecule has 1 rings (SSSR count). The summed E-state index contributed by atoms with van der Waals surface area (Å²) in [5.41, 5.74) is 0. The molecule has 1 unspecified atom stereocenters. The predicted molar refractivity (Wildman–Crippen MR) is 59.3 cm³/mol. The van der Waals surface area contributed by atoms with Crippen molar-refractivity contribution in [3.05, 3.63) is 22.8 Å². The zero-order valence-corrected chi connectivity index (χ0v) is 10.6. The first-order valence-corrected chi connectivity index (χ1v) is 6.77. The van der Waals surface area contributed by atoms with E-state index < -0.39 is 15.1 Å². The lowest BCUT2D eigenvalue weighted by Crippen LogP contribution is -2.20. The van der Waals surface area contributed by atoms with E-state index in [1.54, 1.807) is 13.0 Å². The van der Waals surface area contributed by atoms with E-state index in [0.29, 0.717) is 0 Å². The van der Waals surface area contributed by atoms with Gasteiger partial charge in [-0.25, -0.2) is 13.4 Å². The Balaban J connectivity index is 3.11. The Morgan fingerprint density at radius 1 is 1.57 bits per heavy atom. The zero-order chi connectivity index (χ0) is 10.8. The molecule has 0 aromatic carbocycles. The maximum atomic E-state index is 11.7. The van der Waals surface area contributed by atoms with Crippen LogP contribution in [0.15, 0.2) is 27.8 Å². The molecule has 0 fully saturated rings. The molecule has 1 heterocycles. The minimum Gasteiger partial charge on any atom is -0.244 e. The van der Waals surface area contributed by atoms with Gasteiger partial charge in [0.15, 0.2) is 14.9 Å². The summed E-state index contributed by atoms with van der Waals surface area (Å²) in [6.07, 6.45) is 1.45. The topological polar surface area (TPSA) is 47.0 Å². The second-order valence-electron chi connectivity index (χ2n) is 2.82. The van der Waals surface area contributed by atoms with Crippen LogP contribution in [0.25, 0.3) is 0 Å². The van der Waals surface area contributed by atoms with Gasteiger partial charge in [0.25, 0.3) is 0 Å². The third-order valence-electron chi connectivity index (χ3n) is 1.74. The highest BCUT2D eigenvalue weighted by molar-refractivity contribution is 9.10. The molecule has 1 aromatic heterocycles. The smallest absolute Gasteiger partial charge is 0.199 e. The lowest BCUT2D eigenvalue weighted by molar-refractivity contribution is 0.584. The molecule has 1 atom stereocenters. The quantitative estimate of drug-likeness (QED) is 0.804. The number of aromatic nitrogens is 1. The molecule has 1 aromatic rings. The first-order chi connectivity index (χ1) is 6.48. The number of hydrogen-bond donors (Lipinski definition) is 0. The van der Waals surface area contributed by atoms with E-state index in [1.807, 2.05) is 0 Å². The van der Waals surface area contributed by atoms with Gasteiger partial charge in [0.05, 0.1) is 5.25 Å². The standard InChI is InChI=1S/C8H9BrClNO2S/c1-6(4-10)14(12,13)8-3-2-7(9)5-11-8/h2-3,5-6H,4H2,1H3. The maximum absolute atomic E-state index is 11.7. The predicted octanol–water partition coefficient (Wildman–Crippen LogP) is 2.25. The van der Waals surface area contributed by atoms with Gasteiger partial charge in [-0.2, -0.15) is 0 Å². The van der Waals surface area contributed by atoms with Gasteiger partial charge in [-0.15, -0.1) is 11.6 Å². The van der Waals surface area contributed by atoms with Crippen LogP contribution in [0.2, 0.25) is 0 Å². The Hall–Kier alpha value is -0.130. The van der Waals surface area contributed by atoms with Gasteiger partial charge < -0.3 is 0 Å². The molecular formula is C8H9BrClNO2S. The zero-order valence-electron chi connectivity index (χ0n) is 7.44. The summed E-state index contributed by atoms with van der Waals surface area (Å²) in [5, 5.41) is -0.549. The average Bonchev–Trinajstić information content (AvgIpc) is 2.17. The number of sulfone groups is 1. The second kappa shape index (κ2) is 4.59. The minimum atomic E-state index is -3.37.